The quantitative estimate of drug-likeness (QED) is 0.740. The lowest BCUT2D eigenvalue weighted by Gasteiger charge is -2.41. The molecule has 2 atom stereocenters. The number of methoxy groups -OCH3 is 2. The third-order valence-corrected chi connectivity index (χ3v) is 6.20. The first-order chi connectivity index (χ1) is 15.0. The van der Waals surface area contributed by atoms with Crippen LogP contribution in [0.5, 0.6) is 11.5 Å². The minimum atomic E-state index is -0.367. The predicted molar refractivity (Wildman–Crippen MR) is 118 cm³/mol. The summed E-state index contributed by atoms with van der Waals surface area (Å²) in [4.78, 5) is 32.3. The monoisotopic (exact) mass is 423 g/mol. The number of carbonyl (C=O) groups excluding carboxylic acids is 2. The molecule has 0 N–H and O–H groups in total. The van der Waals surface area contributed by atoms with Gasteiger partial charge in [-0.25, -0.2) is 0 Å². The Morgan fingerprint density at radius 1 is 1.00 bits per heavy atom. The van der Waals surface area contributed by atoms with Crippen molar-refractivity contribution in [3.05, 3.63) is 54.1 Å². The number of hydrogen-bond donors (Lipinski definition) is 0. The van der Waals surface area contributed by atoms with Crippen molar-refractivity contribution in [3.63, 3.8) is 0 Å². The molecule has 0 radical (unpaired) electrons. The minimum Gasteiger partial charge on any atom is -0.497 e. The van der Waals surface area contributed by atoms with Gasteiger partial charge in [0.1, 0.15) is 11.5 Å². The molecule has 4 rings (SSSR count). The van der Waals surface area contributed by atoms with Crippen molar-refractivity contribution in [2.45, 2.75) is 12.5 Å². The summed E-state index contributed by atoms with van der Waals surface area (Å²) in [6.45, 7) is 2.62. The number of ether oxygens (including phenoxy) is 2. The van der Waals surface area contributed by atoms with E-state index < -0.39 is 0 Å². The van der Waals surface area contributed by atoms with E-state index in [1.807, 2.05) is 29.2 Å². The zero-order chi connectivity index (χ0) is 22.0. The molecule has 0 aliphatic carbocycles. The highest BCUT2D eigenvalue weighted by molar-refractivity contribution is 6.01. The van der Waals surface area contributed by atoms with E-state index in [1.165, 1.54) is 0 Å². The summed E-state index contributed by atoms with van der Waals surface area (Å²) in [5.41, 5.74) is 1.79. The maximum atomic E-state index is 13.5. The highest BCUT2D eigenvalue weighted by Gasteiger charge is 2.41. The summed E-state index contributed by atoms with van der Waals surface area (Å²) in [5, 5.41) is 0. The first-order valence-electron chi connectivity index (χ1n) is 10.6. The predicted octanol–water partition coefficient (Wildman–Crippen LogP) is 2.57. The lowest BCUT2D eigenvalue weighted by Crippen LogP contribution is -2.51. The summed E-state index contributed by atoms with van der Waals surface area (Å²) in [7, 11) is 5.23. The van der Waals surface area contributed by atoms with Crippen LogP contribution >= 0.6 is 0 Å². The standard InChI is InChI=1S/C24H29N3O4/c1-25-11-12-26(21(16-25)17-7-5-4-6-8-17)24(29)18-13-23(28)27(15-18)20-10-9-19(30-2)14-22(20)31-3/h4-10,14,18,21H,11-13,15-16H2,1-3H3/t18-,21+/m0/s1. The Balaban J connectivity index is 1.55. The van der Waals surface area contributed by atoms with Crippen LogP contribution in [0, 0.1) is 5.92 Å². The van der Waals surface area contributed by atoms with Crippen molar-refractivity contribution in [3.8, 4) is 11.5 Å². The van der Waals surface area contributed by atoms with E-state index in [1.54, 1.807) is 31.3 Å². The van der Waals surface area contributed by atoms with Gasteiger partial charge >= 0.3 is 0 Å². The van der Waals surface area contributed by atoms with Crippen molar-refractivity contribution >= 4 is 17.5 Å². The summed E-state index contributed by atoms with van der Waals surface area (Å²) in [6.07, 6.45) is 0.210. The van der Waals surface area contributed by atoms with E-state index in [-0.39, 0.29) is 30.2 Å². The first-order valence-corrected chi connectivity index (χ1v) is 10.6. The van der Waals surface area contributed by atoms with Crippen molar-refractivity contribution in [1.82, 2.24) is 9.80 Å². The molecule has 2 aliphatic heterocycles. The highest BCUT2D eigenvalue weighted by atomic mass is 16.5. The molecular weight excluding hydrogens is 394 g/mol. The zero-order valence-electron chi connectivity index (χ0n) is 18.3. The van der Waals surface area contributed by atoms with Crippen LogP contribution < -0.4 is 14.4 Å². The fourth-order valence-corrected chi connectivity index (χ4v) is 4.49. The number of piperazine rings is 1. The highest BCUT2D eigenvalue weighted by Crippen LogP contribution is 2.37. The average Bonchev–Trinajstić information content (AvgIpc) is 3.20. The van der Waals surface area contributed by atoms with E-state index in [9.17, 15) is 9.59 Å². The molecule has 2 aromatic rings. The second-order valence-corrected chi connectivity index (χ2v) is 8.16. The average molecular weight is 424 g/mol. The molecular formula is C24H29N3O4. The Hall–Kier alpha value is -3.06. The number of likely N-dealkylation sites (N-methyl/N-ethyl adjacent to an activating group) is 1. The van der Waals surface area contributed by atoms with Crippen molar-refractivity contribution < 1.29 is 19.1 Å². The number of hydrogen-bond acceptors (Lipinski definition) is 5. The van der Waals surface area contributed by atoms with Gasteiger partial charge in [-0.15, -0.1) is 0 Å². The van der Waals surface area contributed by atoms with Crippen LogP contribution in [0.3, 0.4) is 0 Å². The van der Waals surface area contributed by atoms with Crippen molar-refractivity contribution in [1.29, 1.82) is 0 Å². The lowest BCUT2D eigenvalue weighted by molar-refractivity contribution is -0.140. The number of anilines is 1. The molecule has 2 heterocycles. The normalized spacial score (nSPS) is 22.0. The molecule has 164 valence electrons. The number of nitrogens with zero attached hydrogens (tertiary/aromatic N) is 3. The van der Waals surface area contributed by atoms with Crippen LogP contribution in [0.15, 0.2) is 48.5 Å². The van der Waals surface area contributed by atoms with E-state index >= 15 is 0 Å². The topological polar surface area (TPSA) is 62.3 Å². The third-order valence-electron chi connectivity index (χ3n) is 6.20. The number of carbonyl (C=O) groups is 2. The van der Waals surface area contributed by atoms with Gasteiger partial charge in [0.25, 0.3) is 0 Å². The molecule has 2 aliphatic rings. The molecule has 2 saturated heterocycles. The Morgan fingerprint density at radius 3 is 2.48 bits per heavy atom. The zero-order valence-corrected chi connectivity index (χ0v) is 18.3. The molecule has 0 unspecified atom stereocenters. The van der Waals surface area contributed by atoms with Gasteiger partial charge in [-0.2, -0.15) is 0 Å². The Bertz CT molecular complexity index is 949. The summed E-state index contributed by atoms with van der Waals surface area (Å²) < 4.78 is 10.7. The van der Waals surface area contributed by atoms with Gasteiger partial charge in [0, 0.05) is 38.7 Å². The smallest absolute Gasteiger partial charge is 0.228 e. The molecule has 0 spiro atoms. The second-order valence-electron chi connectivity index (χ2n) is 8.16. The molecule has 0 bridgehead atoms. The SMILES string of the molecule is COc1ccc(N2C[C@@H](C(=O)N3CCN(C)C[C@@H]3c3ccccc3)CC2=O)c(OC)c1. The van der Waals surface area contributed by atoms with Crippen LogP contribution in [-0.2, 0) is 9.59 Å². The number of amides is 2. The van der Waals surface area contributed by atoms with Gasteiger partial charge in [0.2, 0.25) is 11.8 Å². The lowest BCUT2D eigenvalue weighted by atomic mass is 9.99. The van der Waals surface area contributed by atoms with Gasteiger partial charge in [0.05, 0.1) is 31.9 Å². The first kappa shape index (κ1) is 21.2. The van der Waals surface area contributed by atoms with Crippen LogP contribution in [-0.4, -0.2) is 69.1 Å². The molecule has 2 aromatic carbocycles. The largest absolute Gasteiger partial charge is 0.497 e. The van der Waals surface area contributed by atoms with E-state index in [0.717, 1.165) is 18.7 Å². The molecule has 7 nitrogen and oxygen atoms in total. The Morgan fingerprint density at radius 2 is 1.77 bits per heavy atom. The minimum absolute atomic E-state index is 0.00729. The van der Waals surface area contributed by atoms with E-state index in [2.05, 4.69) is 24.1 Å². The van der Waals surface area contributed by atoms with Gasteiger partial charge in [-0.1, -0.05) is 30.3 Å². The molecule has 2 fully saturated rings. The van der Waals surface area contributed by atoms with Gasteiger partial charge < -0.3 is 24.2 Å². The molecule has 7 heteroatoms. The van der Waals surface area contributed by atoms with Crippen LogP contribution in [0.4, 0.5) is 5.69 Å². The fourth-order valence-electron chi connectivity index (χ4n) is 4.49. The molecule has 0 saturated carbocycles. The Labute approximate surface area is 183 Å². The van der Waals surface area contributed by atoms with Crippen molar-refractivity contribution in [2.75, 3.05) is 52.3 Å². The maximum absolute atomic E-state index is 13.5. The fraction of sp³-hybridized carbons (Fsp3) is 0.417. The number of rotatable bonds is 5. The van der Waals surface area contributed by atoms with Gasteiger partial charge in [0.15, 0.2) is 0 Å². The Kier molecular flexibility index (Phi) is 6.13. The van der Waals surface area contributed by atoms with Crippen LogP contribution in [0.25, 0.3) is 0 Å². The van der Waals surface area contributed by atoms with Crippen LogP contribution in [0.1, 0.15) is 18.0 Å². The van der Waals surface area contributed by atoms with Gasteiger partial charge in [-0.3, -0.25) is 9.59 Å². The second kappa shape index (κ2) is 8.98. The maximum Gasteiger partial charge on any atom is 0.228 e. The van der Waals surface area contributed by atoms with Crippen LogP contribution in [0.2, 0.25) is 0 Å². The molecule has 31 heavy (non-hydrogen) atoms. The van der Waals surface area contributed by atoms with Crippen molar-refractivity contribution in [2.24, 2.45) is 5.92 Å². The van der Waals surface area contributed by atoms with E-state index in [0.29, 0.717) is 30.3 Å². The third kappa shape index (κ3) is 4.23. The molecule has 2 amide bonds. The van der Waals surface area contributed by atoms with E-state index in [4.69, 9.17) is 9.47 Å². The van der Waals surface area contributed by atoms with Gasteiger partial charge in [-0.05, 0) is 24.7 Å². The number of benzene rings is 2. The summed E-state index contributed by atoms with van der Waals surface area (Å²) in [6, 6.07) is 15.5. The molecule has 0 aromatic heterocycles. The summed E-state index contributed by atoms with van der Waals surface area (Å²) in [5.74, 6) is 0.831. The summed E-state index contributed by atoms with van der Waals surface area (Å²) >= 11 is 0.